The highest BCUT2D eigenvalue weighted by Gasteiger charge is 2.09. The van der Waals surface area contributed by atoms with Crippen LogP contribution in [0.25, 0.3) is 0 Å². The van der Waals surface area contributed by atoms with Crippen molar-refractivity contribution in [1.29, 1.82) is 0 Å². The minimum absolute atomic E-state index is 0.0130. The third-order valence-electron chi connectivity index (χ3n) is 1.69. The molecule has 0 rings (SSSR count). The van der Waals surface area contributed by atoms with Gasteiger partial charge < -0.3 is 0 Å². The summed E-state index contributed by atoms with van der Waals surface area (Å²) in [5.41, 5.74) is 1.24. The normalized spacial score (nSPS) is 11.4. The van der Waals surface area contributed by atoms with E-state index in [0.29, 0.717) is 12.3 Å². The minimum Gasteiger partial charge on any atom is -0.270 e. The summed E-state index contributed by atoms with van der Waals surface area (Å²) in [6.07, 6.45) is 4.09. The number of unbranched alkanes of at least 4 members (excludes halogenated alkanes) is 1. The van der Waals surface area contributed by atoms with Gasteiger partial charge in [-0.15, -0.1) is 11.6 Å². The van der Waals surface area contributed by atoms with Crippen molar-refractivity contribution in [2.24, 2.45) is 0 Å². The molecule has 0 N–H and O–H groups in total. The number of rotatable bonds is 8. The van der Waals surface area contributed by atoms with Gasteiger partial charge in [0.15, 0.2) is 0 Å². The van der Waals surface area contributed by atoms with Gasteiger partial charge in [-0.25, -0.2) is 0 Å². The molecule has 0 aromatic carbocycles. The van der Waals surface area contributed by atoms with Crippen molar-refractivity contribution in [2.45, 2.75) is 33.1 Å². The van der Waals surface area contributed by atoms with Crippen LogP contribution in [0.5, 0.6) is 0 Å². The maximum Gasteiger partial charge on any atom is 0.267 e. The van der Waals surface area contributed by atoms with Crippen LogP contribution in [0, 0.1) is 0 Å². The summed E-state index contributed by atoms with van der Waals surface area (Å²) in [4.78, 5) is 0. The first-order valence-electron chi connectivity index (χ1n) is 5.04. The van der Waals surface area contributed by atoms with Crippen LogP contribution in [0.3, 0.4) is 0 Å². The molecule has 0 atom stereocenters. The van der Waals surface area contributed by atoms with Crippen LogP contribution < -0.4 is 0 Å². The first-order valence-corrected chi connectivity index (χ1v) is 7.15. The maximum absolute atomic E-state index is 11.2. The third-order valence-corrected chi connectivity index (χ3v) is 3.27. The second kappa shape index (κ2) is 8.13. The Morgan fingerprint density at radius 2 is 2.00 bits per heavy atom. The zero-order valence-electron chi connectivity index (χ0n) is 9.33. The molecule has 0 aromatic heterocycles. The summed E-state index contributed by atoms with van der Waals surface area (Å²) < 4.78 is 27.2. The molecule has 0 aromatic rings. The smallest absolute Gasteiger partial charge is 0.267 e. The molecule has 0 bridgehead atoms. The van der Waals surface area contributed by atoms with Crippen LogP contribution >= 0.6 is 11.6 Å². The van der Waals surface area contributed by atoms with Crippen molar-refractivity contribution in [2.75, 3.05) is 18.2 Å². The van der Waals surface area contributed by atoms with Gasteiger partial charge in [0, 0.05) is 5.88 Å². The predicted octanol–water partition coefficient (Wildman–Crippen LogP) is 2.71. The molecule has 5 heteroatoms. The summed E-state index contributed by atoms with van der Waals surface area (Å²) in [7, 11) is -3.35. The van der Waals surface area contributed by atoms with Crippen molar-refractivity contribution in [3.8, 4) is 0 Å². The van der Waals surface area contributed by atoms with Gasteiger partial charge in [0.05, 0.1) is 12.4 Å². The summed E-state index contributed by atoms with van der Waals surface area (Å²) in [6.45, 7) is 4.28. The molecule has 0 aliphatic rings. The molecule has 90 valence electrons. The Hall–Kier alpha value is -0.0600. The van der Waals surface area contributed by atoms with Gasteiger partial charge in [0.25, 0.3) is 10.1 Å². The fourth-order valence-corrected chi connectivity index (χ4v) is 2.23. The maximum atomic E-state index is 11.2. The van der Waals surface area contributed by atoms with Crippen LogP contribution in [0.1, 0.15) is 33.1 Å². The Kier molecular flexibility index (Phi) is 8.10. The number of alkyl halides is 1. The second-order valence-corrected chi connectivity index (χ2v) is 5.69. The Bertz CT molecular complexity index is 279. The topological polar surface area (TPSA) is 43.4 Å². The SMILES string of the molecule is CC(C)=CCCCOS(=O)(=O)CCCCl. The molecule has 0 spiro atoms. The molecular weight excluding hydrogens is 236 g/mol. The highest BCUT2D eigenvalue weighted by molar-refractivity contribution is 7.86. The Labute approximate surface area is 97.6 Å². The molecule has 0 amide bonds. The lowest BCUT2D eigenvalue weighted by Gasteiger charge is -2.03. The Morgan fingerprint density at radius 3 is 2.53 bits per heavy atom. The van der Waals surface area contributed by atoms with Crippen LogP contribution in [-0.4, -0.2) is 26.7 Å². The largest absolute Gasteiger partial charge is 0.270 e. The van der Waals surface area contributed by atoms with E-state index >= 15 is 0 Å². The van der Waals surface area contributed by atoms with Crippen LogP contribution in [0.2, 0.25) is 0 Å². The minimum atomic E-state index is -3.35. The first kappa shape index (κ1) is 14.9. The average molecular weight is 255 g/mol. The molecule has 0 heterocycles. The van der Waals surface area contributed by atoms with Gasteiger partial charge in [-0.05, 0) is 33.1 Å². The monoisotopic (exact) mass is 254 g/mol. The Morgan fingerprint density at radius 1 is 1.33 bits per heavy atom. The Balaban J connectivity index is 3.62. The molecule has 0 aliphatic carbocycles. The lowest BCUT2D eigenvalue weighted by molar-refractivity contribution is 0.313. The van der Waals surface area contributed by atoms with E-state index in [1.807, 2.05) is 13.8 Å². The lowest BCUT2D eigenvalue weighted by Crippen LogP contribution is -2.11. The fourth-order valence-electron chi connectivity index (χ4n) is 0.950. The second-order valence-electron chi connectivity index (χ2n) is 3.55. The lowest BCUT2D eigenvalue weighted by atomic mass is 10.2. The molecule has 0 saturated heterocycles. The van der Waals surface area contributed by atoms with E-state index in [-0.39, 0.29) is 12.4 Å². The average Bonchev–Trinajstić information content (AvgIpc) is 2.14. The summed E-state index contributed by atoms with van der Waals surface area (Å²) >= 11 is 5.40. The van der Waals surface area contributed by atoms with E-state index < -0.39 is 10.1 Å². The van der Waals surface area contributed by atoms with Crippen molar-refractivity contribution in [1.82, 2.24) is 0 Å². The molecule has 3 nitrogen and oxygen atoms in total. The van der Waals surface area contributed by atoms with E-state index in [2.05, 4.69) is 6.08 Å². The number of halogens is 1. The molecule has 15 heavy (non-hydrogen) atoms. The molecule has 0 saturated carbocycles. The third kappa shape index (κ3) is 10.2. The molecule has 0 aliphatic heterocycles. The summed E-state index contributed by atoms with van der Waals surface area (Å²) in [5.74, 6) is 0.361. The van der Waals surface area contributed by atoms with Crippen molar-refractivity contribution >= 4 is 21.7 Å². The van der Waals surface area contributed by atoms with E-state index in [1.54, 1.807) is 0 Å². The number of hydrogen-bond donors (Lipinski definition) is 0. The van der Waals surface area contributed by atoms with Crippen LogP contribution in [0.4, 0.5) is 0 Å². The van der Waals surface area contributed by atoms with E-state index in [1.165, 1.54) is 5.57 Å². The van der Waals surface area contributed by atoms with Gasteiger partial charge in [0.2, 0.25) is 0 Å². The molecular formula is C10H19ClO3S. The highest BCUT2D eigenvalue weighted by Crippen LogP contribution is 2.02. The van der Waals surface area contributed by atoms with E-state index in [0.717, 1.165) is 12.8 Å². The standard InChI is InChI=1S/C10H19ClO3S/c1-10(2)6-3-4-8-14-15(12,13)9-5-7-11/h6H,3-5,7-9H2,1-2H3. The number of allylic oxidation sites excluding steroid dienone is 2. The van der Waals surface area contributed by atoms with Crippen molar-refractivity contribution < 1.29 is 12.6 Å². The van der Waals surface area contributed by atoms with Gasteiger partial charge in [-0.2, -0.15) is 8.42 Å². The van der Waals surface area contributed by atoms with E-state index in [4.69, 9.17) is 15.8 Å². The van der Waals surface area contributed by atoms with Gasteiger partial charge in [-0.3, -0.25) is 4.18 Å². The zero-order chi connectivity index (χ0) is 11.7. The molecule has 0 fully saturated rings. The van der Waals surface area contributed by atoms with E-state index in [9.17, 15) is 8.42 Å². The molecule has 0 radical (unpaired) electrons. The zero-order valence-corrected chi connectivity index (χ0v) is 10.9. The number of hydrogen-bond acceptors (Lipinski definition) is 3. The fraction of sp³-hybridized carbons (Fsp3) is 0.800. The molecule has 0 unspecified atom stereocenters. The van der Waals surface area contributed by atoms with Crippen LogP contribution in [-0.2, 0) is 14.3 Å². The van der Waals surface area contributed by atoms with Gasteiger partial charge in [0.1, 0.15) is 0 Å². The highest BCUT2D eigenvalue weighted by atomic mass is 35.5. The van der Waals surface area contributed by atoms with Gasteiger partial charge >= 0.3 is 0 Å². The van der Waals surface area contributed by atoms with Crippen molar-refractivity contribution in [3.63, 3.8) is 0 Å². The summed E-state index contributed by atoms with van der Waals surface area (Å²) in [5, 5.41) is 0. The van der Waals surface area contributed by atoms with Gasteiger partial charge in [-0.1, -0.05) is 11.6 Å². The predicted molar refractivity (Wildman–Crippen MR) is 63.7 cm³/mol. The quantitative estimate of drug-likeness (QED) is 0.290. The van der Waals surface area contributed by atoms with Crippen molar-refractivity contribution in [3.05, 3.63) is 11.6 Å². The van der Waals surface area contributed by atoms with Crippen LogP contribution in [0.15, 0.2) is 11.6 Å². The first-order chi connectivity index (χ1) is 6.98. The summed E-state index contributed by atoms with van der Waals surface area (Å²) in [6, 6.07) is 0.